The van der Waals surface area contributed by atoms with Crippen LogP contribution < -0.4 is 15.4 Å². The summed E-state index contributed by atoms with van der Waals surface area (Å²) >= 11 is 0. The van der Waals surface area contributed by atoms with E-state index in [1.807, 2.05) is 45.0 Å². The molecule has 4 heterocycles. The van der Waals surface area contributed by atoms with Gasteiger partial charge in [-0.2, -0.15) is 0 Å². The van der Waals surface area contributed by atoms with Crippen LogP contribution in [0.4, 0.5) is 5.82 Å². The van der Waals surface area contributed by atoms with Crippen molar-refractivity contribution in [2.45, 2.75) is 63.8 Å². The summed E-state index contributed by atoms with van der Waals surface area (Å²) in [6.07, 6.45) is 4.13. The molecular formula is C28H34N4O6. The van der Waals surface area contributed by atoms with Crippen LogP contribution in [0.15, 0.2) is 47.0 Å². The number of rotatable bonds is 7. The summed E-state index contributed by atoms with van der Waals surface area (Å²) in [7, 11) is 1.60. The third-order valence-electron chi connectivity index (χ3n) is 7.51. The maximum Gasteiger partial charge on any atom is 0.246 e. The minimum Gasteiger partial charge on any atom is -0.497 e. The number of aromatic nitrogens is 1. The predicted molar refractivity (Wildman–Crippen MR) is 138 cm³/mol. The first-order valence-electron chi connectivity index (χ1n) is 12.8. The van der Waals surface area contributed by atoms with Crippen LogP contribution in [0.1, 0.15) is 39.0 Å². The molecule has 5 rings (SSSR count). The standard InChI is InChI=1S/C28H34N4O6/c1-16-15-19(31-37-16)29-23(33)20-21-25(35)32(14-11-17-7-9-18(36-6)10-8-17)22(24(34)30-26(2,3)4)28(21)13-12-27(20,5)38-28/h7-10,12-13,15,20-22H,11,14H2,1-6H3,(H,30,34)(H,29,31,33)/t20-,21+,22-,27-,28+/m1/s1. The normalized spacial score (nSPS) is 29.5. The van der Waals surface area contributed by atoms with Crippen molar-refractivity contribution in [3.8, 4) is 5.75 Å². The second-order valence-corrected chi connectivity index (χ2v) is 11.5. The molecule has 2 bridgehead atoms. The number of fused-ring (bicyclic) bond motifs is 1. The molecule has 202 valence electrons. The number of amides is 3. The lowest BCUT2D eigenvalue weighted by Crippen LogP contribution is -2.58. The molecule has 1 aromatic heterocycles. The van der Waals surface area contributed by atoms with Gasteiger partial charge in [-0.15, -0.1) is 0 Å². The van der Waals surface area contributed by atoms with Gasteiger partial charge >= 0.3 is 0 Å². The van der Waals surface area contributed by atoms with E-state index in [0.29, 0.717) is 12.2 Å². The van der Waals surface area contributed by atoms with Gasteiger partial charge in [0.05, 0.1) is 24.5 Å². The fourth-order valence-corrected chi connectivity index (χ4v) is 5.98. The van der Waals surface area contributed by atoms with E-state index in [4.69, 9.17) is 14.0 Å². The quantitative estimate of drug-likeness (QED) is 0.536. The fraction of sp³-hybridized carbons (Fsp3) is 0.500. The minimum atomic E-state index is -1.26. The zero-order valence-electron chi connectivity index (χ0n) is 22.5. The first kappa shape index (κ1) is 26.0. The Balaban J connectivity index is 1.48. The molecule has 0 aliphatic carbocycles. The molecule has 1 aromatic carbocycles. The molecule has 2 fully saturated rings. The molecular weight excluding hydrogens is 488 g/mol. The number of nitrogens with one attached hydrogen (secondary N) is 2. The van der Waals surface area contributed by atoms with E-state index in [9.17, 15) is 14.4 Å². The molecule has 0 radical (unpaired) electrons. The first-order chi connectivity index (χ1) is 17.9. The van der Waals surface area contributed by atoms with Crippen molar-refractivity contribution in [1.29, 1.82) is 0 Å². The Bertz CT molecular complexity index is 1300. The maximum absolute atomic E-state index is 14.1. The molecule has 10 nitrogen and oxygen atoms in total. The number of benzene rings is 1. The van der Waals surface area contributed by atoms with Gasteiger partial charge in [-0.3, -0.25) is 14.4 Å². The monoisotopic (exact) mass is 522 g/mol. The Morgan fingerprint density at radius 1 is 1.16 bits per heavy atom. The lowest BCUT2D eigenvalue weighted by molar-refractivity contribution is -0.144. The van der Waals surface area contributed by atoms with Crippen molar-refractivity contribution in [1.82, 2.24) is 15.4 Å². The molecule has 0 unspecified atom stereocenters. The second kappa shape index (κ2) is 8.97. The van der Waals surface area contributed by atoms with E-state index >= 15 is 0 Å². The van der Waals surface area contributed by atoms with Crippen molar-refractivity contribution in [2.75, 3.05) is 19.0 Å². The van der Waals surface area contributed by atoms with Gasteiger partial charge in [-0.1, -0.05) is 29.4 Å². The van der Waals surface area contributed by atoms with Crippen LogP contribution in [0.5, 0.6) is 5.75 Å². The average Bonchev–Trinajstić information content (AvgIpc) is 3.54. The lowest BCUT2D eigenvalue weighted by Gasteiger charge is -2.35. The molecule has 3 amide bonds. The van der Waals surface area contributed by atoms with Crippen LogP contribution >= 0.6 is 0 Å². The van der Waals surface area contributed by atoms with Crippen molar-refractivity contribution in [3.63, 3.8) is 0 Å². The van der Waals surface area contributed by atoms with E-state index in [1.54, 1.807) is 44.1 Å². The van der Waals surface area contributed by atoms with E-state index in [-0.39, 0.29) is 24.2 Å². The fourth-order valence-electron chi connectivity index (χ4n) is 5.98. The van der Waals surface area contributed by atoms with Crippen molar-refractivity contribution < 1.29 is 28.4 Å². The summed E-state index contributed by atoms with van der Waals surface area (Å²) in [4.78, 5) is 43.0. The highest BCUT2D eigenvalue weighted by Gasteiger charge is 2.76. The number of hydrogen-bond donors (Lipinski definition) is 2. The Hall–Kier alpha value is -3.66. The first-order valence-corrected chi connectivity index (χ1v) is 12.8. The molecule has 2 saturated heterocycles. The van der Waals surface area contributed by atoms with E-state index in [2.05, 4.69) is 15.8 Å². The van der Waals surface area contributed by atoms with Crippen LogP contribution in [0, 0.1) is 18.8 Å². The van der Waals surface area contributed by atoms with Crippen molar-refractivity contribution in [3.05, 3.63) is 53.8 Å². The molecule has 3 aliphatic rings. The van der Waals surface area contributed by atoms with Crippen LogP contribution in [0.25, 0.3) is 0 Å². The molecule has 2 aromatic rings. The highest BCUT2D eigenvalue weighted by Crippen LogP contribution is 2.59. The second-order valence-electron chi connectivity index (χ2n) is 11.5. The number of likely N-dealkylation sites (tertiary alicyclic amines) is 1. The molecule has 3 aliphatic heterocycles. The average molecular weight is 523 g/mol. The summed E-state index contributed by atoms with van der Waals surface area (Å²) in [6.45, 7) is 9.46. The third kappa shape index (κ3) is 4.26. The molecule has 2 N–H and O–H groups in total. The highest BCUT2D eigenvalue weighted by molar-refractivity contribution is 6.03. The Morgan fingerprint density at radius 3 is 2.47 bits per heavy atom. The van der Waals surface area contributed by atoms with Gasteiger partial charge in [0.25, 0.3) is 0 Å². The summed E-state index contributed by atoms with van der Waals surface area (Å²) in [5.41, 5.74) is -1.84. The van der Waals surface area contributed by atoms with Gasteiger partial charge in [-0.05, 0) is 58.7 Å². The van der Waals surface area contributed by atoms with Crippen molar-refractivity contribution in [2.24, 2.45) is 11.8 Å². The van der Waals surface area contributed by atoms with Crippen LogP contribution in [0.3, 0.4) is 0 Å². The Morgan fingerprint density at radius 2 is 1.87 bits per heavy atom. The smallest absolute Gasteiger partial charge is 0.246 e. The molecule has 1 spiro atoms. The number of aryl methyl sites for hydroxylation is 1. The summed E-state index contributed by atoms with van der Waals surface area (Å²) in [5.74, 6) is -1.17. The molecule has 10 heteroatoms. The number of ether oxygens (including phenoxy) is 2. The summed E-state index contributed by atoms with van der Waals surface area (Å²) in [5, 5.41) is 9.65. The predicted octanol–water partition coefficient (Wildman–Crippen LogP) is 2.63. The SMILES string of the molecule is COc1ccc(CCN2C(=O)[C@@H]3[C@H](C(=O)Nc4cc(C)on4)[C@@]4(C)C=C[C@@]3(O4)[C@H]2C(=O)NC(C)(C)C)cc1. The summed E-state index contributed by atoms with van der Waals surface area (Å²) < 4.78 is 16.8. The highest BCUT2D eigenvalue weighted by atomic mass is 16.5. The Kier molecular flexibility index (Phi) is 6.13. The lowest BCUT2D eigenvalue weighted by atomic mass is 9.70. The number of methoxy groups -OCH3 is 1. The van der Waals surface area contributed by atoms with E-state index < -0.39 is 40.5 Å². The molecule has 38 heavy (non-hydrogen) atoms. The van der Waals surface area contributed by atoms with Gasteiger partial charge in [-0.25, -0.2) is 0 Å². The van der Waals surface area contributed by atoms with E-state index in [0.717, 1.165) is 11.3 Å². The zero-order valence-corrected chi connectivity index (χ0v) is 22.5. The van der Waals surface area contributed by atoms with Gasteiger partial charge in [0.15, 0.2) is 5.82 Å². The third-order valence-corrected chi connectivity index (χ3v) is 7.51. The maximum atomic E-state index is 14.1. The molecule has 5 atom stereocenters. The minimum absolute atomic E-state index is 0.265. The van der Waals surface area contributed by atoms with Crippen molar-refractivity contribution >= 4 is 23.5 Å². The number of nitrogens with zero attached hydrogens (tertiary/aromatic N) is 2. The van der Waals surface area contributed by atoms with Crippen LogP contribution in [0.2, 0.25) is 0 Å². The van der Waals surface area contributed by atoms with Gasteiger partial charge in [0, 0.05) is 18.2 Å². The number of anilines is 1. The van der Waals surface area contributed by atoms with Crippen LogP contribution in [-0.4, -0.2) is 64.2 Å². The number of carbonyl (C=O) groups excluding carboxylic acids is 3. The van der Waals surface area contributed by atoms with Crippen LogP contribution in [-0.2, 0) is 25.5 Å². The van der Waals surface area contributed by atoms with Gasteiger partial charge < -0.3 is 29.5 Å². The van der Waals surface area contributed by atoms with Gasteiger partial charge in [0.2, 0.25) is 17.7 Å². The topological polar surface area (TPSA) is 123 Å². The number of carbonyl (C=O) groups is 3. The van der Waals surface area contributed by atoms with E-state index in [1.165, 1.54) is 0 Å². The Labute approximate surface area is 221 Å². The summed E-state index contributed by atoms with van der Waals surface area (Å²) in [6, 6.07) is 8.26. The molecule has 0 saturated carbocycles. The zero-order chi connectivity index (χ0) is 27.5. The largest absolute Gasteiger partial charge is 0.497 e. The van der Waals surface area contributed by atoms with Gasteiger partial charge in [0.1, 0.15) is 23.2 Å². The number of hydrogen-bond acceptors (Lipinski definition) is 7.